The molecule has 6 aliphatic heterocycles. The van der Waals surface area contributed by atoms with Gasteiger partial charge in [0.25, 0.3) is 0 Å². The van der Waals surface area contributed by atoms with Crippen LogP contribution in [0.25, 0.3) is 0 Å². The molecule has 0 amide bonds. The van der Waals surface area contributed by atoms with E-state index < -0.39 is 72.3 Å². The SMILES string of the molecule is CC[C@@H](C)[C@H]1O[C@]2(C=C[C@@H]1C)C[C@@H]1C[C@@H](C/C=C(\C)C([C@H]3C[C@H](OC)[C@@H](O[C@H]4C[C@H](OC)[C@@H](O)[C@H](C)O4)[C@H](C)O3)[C@@H](C)/C=C/C=C3\CO[C@@H]4[C@H](O)C(C)=C[C@@H](C(=O)O1)[C@]34O)O2. The highest BCUT2D eigenvalue weighted by Crippen LogP contribution is 2.47. The van der Waals surface area contributed by atoms with Gasteiger partial charge in [-0.2, -0.15) is 0 Å². The van der Waals surface area contributed by atoms with Gasteiger partial charge >= 0.3 is 5.97 Å². The Balaban J connectivity index is 1.22. The van der Waals surface area contributed by atoms with Crippen molar-refractivity contribution < 1.29 is 62.7 Å². The molecule has 0 radical (unpaired) electrons. The van der Waals surface area contributed by atoms with E-state index >= 15 is 0 Å². The van der Waals surface area contributed by atoms with E-state index in [1.54, 1.807) is 27.2 Å². The van der Waals surface area contributed by atoms with Gasteiger partial charge in [0, 0.05) is 51.7 Å². The van der Waals surface area contributed by atoms with Crippen LogP contribution in [0, 0.1) is 29.6 Å². The normalized spacial score (nSPS) is 49.8. The van der Waals surface area contributed by atoms with E-state index in [1.807, 2.05) is 32.1 Å². The Labute approximate surface area is 362 Å². The smallest absolute Gasteiger partial charge is 0.316 e. The van der Waals surface area contributed by atoms with Crippen molar-refractivity contribution in [3.05, 3.63) is 59.3 Å². The summed E-state index contributed by atoms with van der Waals surface area (Å²) in [4.78, 5) is 14.4. The number of ether oxygens (including phenoxy) is 9. The van der Waals surface area contributed by atoms with Gasteiger partial charge in [-0.15, -0.1) is 0 Å². The second-order valence-corrected chi connectivity index (χ2v) is 19.0. The second-order valence-electron chi connectivity index (χ2n) is 19.0. The molecule has 4 fully saturated rings. The molecule has 2 bridgehead atoms. The van der Waals surface area contributed by atoms with Crippen molar-refractivity contribution in [2.45, 2.75) is 185 Å². The lowest BCUT2D eigenvalue weighted by Crippen LogP contribution is -2.58. The van der Waals surface area contributed by atoms with Crippen LogP contribution in [0.15, 0.2) is 59.3 Å². The van der Waals surface area contributed by atoms with Crippen LogP contribution in [0.2, 0.25) is 0 Å². The molecule has 0 aromatic rings. The van der Waals surface area contributed by atoms with Crippen molar-refractivity contribution in [1.29, 1.82) is 0 Å². The summed E-state index contributed by atoms with van der Waals surface area (Å²) in [7, 11) is 3.28. The molecule has 7 rings (SSSR count). The largest absolute Gasteiger partial charge is 0.462 e. The Hall–Kier alpha value is -2.27. The molecule has 7 aliphatic rings. The maximum atomic E-state index is 14.4. The highest BCUT2D eigenvalue weighted by Gasteiger charge is 2.60. The molecule has 6 heterocycles. The summed E-state index contributed by atoms with van der Waals surface area (Å²) in [5, 5.41) is 34.3. The monoisotopic (exact) mass is 856 g/mol. The standard InChI is InChI=1S/C48H72O13/c1-11-25(2)43-28(5)17-18-47(61-43)23-34-20-33(60-47)16-15-27(4)40(36-21-38(54-10)44(31(8)56-36)59-39-22-37(53-9)42(50)30(7)57-39)26(3)13-12-14-32-24-55-45-41(49)29(6)19-35(46(51)58-34)48(32,45)52/h12-15,17-19,25-26,28,30-31,33-45,49-50,52H,11,16,20-24H2,1-10H3/b13-12+,27-15+,32-14+/t25-,26+,28+,30+,31+,33-,34+,35+,36-,37+,38+,39+,40?,41-,42+,43-,44+,45-,47-,48-/m1/s1. The van der Waals surface area contributed by atoms with Gasteiger partial charge in [0.05, 0.1) is 49.3 Å². The lowest BCUT2D eigenvalue weighted by atomic mass is 9.71. The van der Waals surface area contributed by atoms with Crippen LogP contribution in [-0.2, 0) is 47.4 Å². The van der Waals surface area contributed by atoms with Gasteiger partial charge in [-0.1, -0.05) is 76.1 Å². The molecule has 1 spiro atoms. The van der Waals surface area contributed by atoms with Gasteiger partial charge in [0.15, 0.2) is 12.1 Å². The molecule has 4 saturated heterocycles. The molecule has 61 heavy (non-hydrogen) atoms. The minimum absolute atomic E-state index is 0.0498. The fraction of sp³-hybridized carbons (Fsp3) is 0.771. The Morgan fingerprint density at radius 2 is 1.67 bits per heavy atom. The van der Waals surface area contributed by atoms with E-state index in [-0.39, 0.29) is 60.8 Å². The first-order chi connectivity index (χ1) is 29.0. The van der Waals surface area contributed by atoms with Crippen molar-refractivity contribution in [2.75, 3.05) is 20.8 Å². The number of hydrogen-bond donors (Lipinski definition) is 3. The summed E-state index contributed by atoms with van der Waals surface area (Å²) in [5.41, 5.74) is 0.343. The zero-order valence-corrected chi connectivity index (χ0v) is 37.8. The third-order valence-electron chi connectivity index (χ3n) is 14.8. The van der Waals surface area contributed by atoms with E-state index in [2.05, 4.69) is 52.8 Å². The molecular weight excluding hydrogens is 785 g/mol. The summed E-state index contributed by atoms with van der Waals surface area (Å²) in [6, 6.07) is 0. The molecule has 0 aromatic carbocycles. The molecule has 13 heteroatoms. The Morgan fingerprint density at radius 1 is 0.918 bits per heavy atom. The number of aliphatic hydroxyl groups is 3. The minimum atomic E-state index is -1.82. The third kappa shape index (κ3) is 9.32. The zero-order chi connectivity index (χ0) is 44.0. The van der Waals surface area contributed by atoms with E-state index in [1.165, 1.54) is 0 Å². The van der Waals surface area contributed by atoms with Crippen LogP contribution in [-0.4, -0.2) is 133 Å². The van der Waals surface area contributed by atoms with Gasteiger partial charge in [-0.25, -0.2) is 0 Å². The van der Waals surface area contributed by atoms with Crippen molar-refractivity contribution in [3.8, 4) is 0 Å². The number of carbonyl (C=O) groups excluding carboxylic acids is 1. The van der Waals surface area contributed by atoms with Crippen molar-refractivity contribution in [2.24, 2.45) is 29.6 Å². The average molecular weight is 857 g/mol. The zero-order valence-electron chi connectivity index (χ0n) is 37.8. The van der Waals surface area contributed by atoms with E-state index in [0.29, 0.717) is 43.3 Å². The number of fused-ring (bicyclic) bond motifs is 2. The molecule has 1 aliphatic carbocycles. The molecule has 20 atom stereocenters. The number of allylic oxidation sites excluding steroid dienone is 3. The number of rotatable bonds is 7. The molecular formula is C48H72O13. The Kier molecular flexibility index (Phi) is 14.6. The summed E-state index contributed by atoms with van der Waals surface area (Å²) in [6.45, 7) is 16.4. The van der Waals surface area contributed by atoms with Gasteiger partial charge in [0.1, 0.15) is 42.0 Å². The summed E-state index contributed by atoms with van der Waals surface area (Å²) in [5.74, 6) is -2.46. The number of aliphatic hydroxyl groups excluding tert-OH is 2. The van der Waals surface area contributed by atoms with Crippen LogP contribution in [0.5, 0.6) is 0 Å². The van der Waals surface area contributed by atoms with Crippen molar-refractivity contribution >= 4 is 5.97 Å². The Morgan fingerprint density at radius 3 is 2.39 bits per heavy atom. The second kappa shape index (κ2) is 19.1. The predicted molar refractivity (Wildman–Crippen MR) is 226 cm³/mol. The molecule has 1 unspecified atom stereocenters. The number of carbonyl (C=O) groups is 1. The fourth-order valence-corrected chi connectivity index (χ4v) is 11.1. The van der Waals surface area contributed by atoms with E-state index in [0.717, 1.165) is 12.0 Å². The lowest BCUT2D eigenvalue weighted by molar-refractivity contribution is -0.300. The van der Waals surface area contributed by atoms with Crippen molar-refractivity contribution in [1.82, 2.24) is 0 Å². The summed E-state index contributed by atoms with van der Waals surface area (Å²) in [6.07, 6.45) is 10.3. The summed E-state index contributed by atoms with van der Waals surface area (Å²) >= 11 is 0. The maximum Gasteiger partial charge on any atom is 0.316 e. The van der Waals surface area contributed by atoms with Gasteiger partial charge in [-0.3, -0.25) is 4.79 Å². The first-order valence-electron chi connectivity index (χ1n) is 22.7. The highest BCUT2D eigenvalue weighted by molar-refractivity contribution is 5.78. The first-order valence-corrected chi connectivity index (χ1v) is 22.7. The topological polar surface area (TPSA) is 161 Å². The van der Waals surface area contributed by atoms with Gasteiger partial charge in [0.2, 0.25) is 0 Å². The van der Waals surface area contributed by atoms with Crippen LogP contribution < -0.4 is 0 Å². The third-order valence-corrected chi connectivity index (χ3v) is 14.8. The molecule has 342 valence electrons. The Bertz CT molecular complexity index is 1710. The van der Waals surface area contributed by atoms with E-state index in [9.17, 15) is 20.1 Å². The molecule has 0 aromatic heterocycles. The average Bonchev–Trinajstić information content (AvgIpc) is 3.57. The van der Waals surface area contributed by atoms with Crippen LogP contribution in [0.4, 0.5) is 0 Å². The van der Waals surface area contributed by atoms with Gasteiger partial charge in [-0.05, 0) is 63.2 Å². The molecule has 0 saturated carbocycles. The molecule has 13 nitrogen and oxygen atoms in total. The van der Waals surface area contributed by atoms with E-state index in [4.69, 9.17) is 42.6 Å². The maximum absolute atomic E-state index is 14.4. The lowest BCUT2D eigenvalue weighted by Gasteiger charge is -2.48. The van der Waals surface area contributed by atoms with Crippen molar-refractivity contribution in [3.63, 3.8) is 0 Å². The number of methoxy groups -OCH3 is 2. The minimum Gasteiger partial charge on any atom is -0.462 e. The number of hydrogen-bond acceptors (Lipinski definition) is 13. The molecule has 3 N–H and O–H groups in total. The highest BCUT2D eigenvalue weighted by atomic mass is 16.7. The quantitative estimate of drug-likeness (QED) is 0.213. The summed E-state index contributed by atoms with van der Waals surface area (Å²) < 4.78 is 57.6. The fourth-order valence-electron chi connectivity index (χ4n) is 11.1. The van der Waals surface area contributed by atoms with Crippen LogP contribution in [0.3, 0.4) is 0 Å². The van der Waals surface area contributed by atoms with Crippen LogP contribution in [0.1, 0.15) is 93.9 Å². The number of esters is 1. The first kappa shape index (κ1) is 46.7. The predicted octanol–water partition coefficient (Wildman–Crippen LogP) is 5.65. The van der Waals surface area contributed by atoms with Gasteiger partial charge < -0.3 is 58.0 Å². The van der Waals surface area contributed by atoms with Crippen LogP contribution >= 0.6 is 0 Å².